The van der Waals surface area contributed by atoms with Crippen molar-refractivity contribution in [2.24, 2.45) is 0 Å². The van der Waals surface area contributed by atoms with Gasteiger partial charge in [0.1, 0.15) is 0 Å². The molecule has 102 valence electrons. The van der Waals surface area contributed by atoms with Gasteiger partial charge in [-0.25, -0.2) is 4.79 Å². The van der Waals surface area contributed by atoms with Crippen LogP contribution in [-0.2, 0) is 0 Å². The Kier molecular flexibility index (Phi) is 5.25. The lowest BCUT2D eigenvalue weighted by atomic mass is 10.0. The van der Waals surface area contributed by atoms with Crippen LogP contribution in [0, 0.1) is 0 Å². The fraction of sp³-hybridized carbons (Fsp3) is 0.900. The standard InChI is InChI=1S/C10H18F3NO3/c1-9(2,3)14(8(16)17)7(6-15)4-5-10(11,12)13/h7,15H,4-6H2,1-3H3,(H,16,17). The smallest absolute Gasteiger partial charge is 0.408 e. The quantitative estimate of drug-likeness (QED) is 0.813. The topological polar surface area (TPSA) is 60.8 Å². The Hall–Kier alpha value is -0.980. The lowest BCUT2D eigenvalue weighted by Gasteiger charge is -2.39. The van der Waals surface area contributed by atoms with E-state index in [1.54, 1.807) is 20.8 Å². The van der Waals surface area contributed by atoms with E-state index in [2.05, 4.69) is 0 Å². The molecule has 0 radical (unpaired) electrons. The maximum Gasteiger partial charge on any atom is 0.408 e. The number of carboxylic acid groups (broad SMARTS) is 1. The van der Waals surface area contributed by atoms with Crippen molar-refractivity contribution in [3.8, 4) is 0 Å². The van der Waals surface area contributed by atoms with Gasteiger partial charge in [-0.05, 0) is 27.2 Å². The predicted molar refractivity (Wildman–Crippen MR) is 55.8 cm³/mol. The van der Waals surface area contributed by atoms with Crippen LogP contribution in [0.15, 0.2) is 0 Å². The van der Waals surface area contributed by atoms with Crippen molar-refractivity contribution in [3.63, 3.8) is 0 Å². The van der Waals surface area contributed by atoms with Gasteiger partial charge < -0.3 is 10.2 Å². The molecule has 0 saturated carbocycles. The average molecular weight is 257 g/mol. The van der Waals surface area contributed by atoms with E-state index in [4.69, 9.17) is 10.2 Å². The fourth-order valence-corrected chi connectivity index (χ4v) is 1.62. The van der Waals surface area contributed by atoms with Crippen LogP contribution in [-0.4, -0.2) is 45.6 Å². The minimum absolute atomic E-state index is 0.441. The van der Waals surface area contributed by atoms with Gasteiger partial charge in [-0.3, -0.25) is 4.90 Å². The molecule has 0 aromatic rings. The number of amides is 1. The molecular weight excluding hydrogens is 239 g/mol. The largest absolute Gasteiger partial charge is 0.465 e. The van der Waals surface area contributed by atoms with Crippen LogP contribution in [0.5, 0.6) is 0 Å². The van der Waals surface area contributed by atoms with Gasteiger partial charge in [-0.2, -0.15) is 13.2 Å². The van der Waals surface area contributed by atoms with Crippen LogP contribution in [0.2, 0.25) is 0 Å². The molecule has 4 nitrogen and oxygen atoms in total. The zero-order valence-electron chi connectivity index (χ0n) is 10.1. The number of hydrogen-bond donors (Lipinski definition) is 2. The van der Waals surface area contributed by atoms with Gasteiger partial charge in [-0.15, -0.1) is 0 Å². The Labute approximate surface area is 98.0 Å². The van der Waals surface area contributed by atoms with Gasteiger partial charge in [-0.1, -0.05) is 0 Å². The number of aliphatic hydroxyl groups is 1. The van der Waals surface area contributed by atoms with E-state index in [-0.39, 0.29) is 0 Å². The molecule has 1 amide bonds. The highest BCUT2D eigenvalue weighted by Gasteiger charge is 2.36. The molecule has 0 aliphatic heterocycles. The van der Waals surface area contributed by atoms with Crippen molar-refractivity contribution < 1.29 is 28.2 Å². The Balaban J connectivity index is 4.76. The van der Waals surface area contributed by atoms with Crippen molar-refractivity contribution in [3.05, 3.63) is 0 Å². The first-order chi connectivity index (χ1) is 7.49. The number of alkyl halides is 3. The van der Waals surface area contributed by atoms with Gasteiger partial charge in [0.05, 0.1) is 12.6 Å². The summed E-state index contributed by atoms with van der Waals surface area (Å²) in [4.78, 5) is 11.9. The van der Waals surface area contributed by atoms with Crippen molar-refractivity contribution in [2.45, 2.75) is 51.4 Å². The summed E-state index contributed by atoms with van der Waals surface area (Å²) < 4.78 is 36.2. The summed E-state index contributed by atoms with van der Waals surface area (Å²) in [5, 5.41) is 18.0. The highest BCUT2D eigenvalue weighted by Crippen LogP contribution is 2.26. The van der Waals surface area contributed by atoms with Gasteiger partial charge in [0, 0.05) is 12.0 Å². The predicted octanol–water partition coefficient (Wildman–Crippen LogP) is 2.47. The molecule has 17 heavy (non-hydrogen) atoms. The Morgan fingerprint density at radius 1 is 1.29 bits per heavy atom. The zero-order chi connectivity index (χ0) is 13.9. The third-order valence-corrected chi connectivity index (χ3v) is 2.27. The molecule has 0 heterocycles. The van der Waals surface area contributed by atoms with E-state index < -0.39 is 43.3 Å². The molecule has 0 spiro atoms. The normalized spacial score (nSPS) is 14.5. The molecular formula is C10H18F3NO3. The first-order valence-corrected chi connectivity index (χ1v) is 5.19. The molecule has 0 saturated heterocycles. The number of nitrogens with zero attached hydrogens (tertiary/aromatic N) is 1. The summed E-state index contributed by atoms with van der Waals surface area (Å²) in [6.07, 6.45) is -7.24. The van der Waals surface area contributed by atoms with Crippen molar-refractivity contribution in [1.29, 1.82) is 0 Å². The van der Waals surface area contributed by atoms with Crippen molar-refractivity contribution in [1.82, 2.24) is 4.90 Å². The Morgan fingerprint density at radius 2 is 1.76 bits per heavy atom. The first kappa shape index (κ1) is 16.0. The van der Waals surface area contributed by atoms with E-state index in [1.807, 2.05) is 0 Å². The van der Waals surface area contributed by atoms with E-state index >= 15 is 0 Å². The lowest BCUT2D eigenvalue weighted by molar-refractivity contribution is -0.139. The van der Waals surface area contributed by atoms with Crippen LogP contribution >= 0.6 is 0 Å². The lowest BCUT2D eigenvalue weighted by Crippen LogP contribution is -2.52. The summed E-state index contributed by atoms with van der Waals surface area (Å²) in [7, 11) is 0. The number of halogens is 3. The Morgan fingerprint density at radius 3 is 2.00 bits per heavy atom. The molecule has 7 heteroatoms. The first-order valence-electron chi connectivity index (χ1n) is 5.19. The van der Waals surface area contributed by atoms with Gasteiger partial charge >= 0.3 is 12.3 Å². The van der Waals surface area contributed by atoms with Crippen LogP contribution < -0.4 is 0 Å². The van der Waals surface area contributed by atoms with Crippen LogP contribution in [0.1, 0.15) is 33.6 Å². The second kappa shape index (κ2) is 5.57. The van der Waals surface area contributed by atoms with E-state index in [1.165, 1.54) is 0 Å². The molecule has 1 unspecified atom stereocenters. The second-order valence-electron chi connectivity index (χ2n) is 4.81. The van der Waals surface area contributed by atoms with E-state index in [0.29, 0.717) is 0 Å². The van der Waals surface area contributed by atoms with Crippen LogP contribution in [0.3, 0.4) is 0 Å². The maximum atomic E-state index is 12.1. The fourth-order valence-electron chi connectivity index (χ4n) is 1.62. The van der Waals surface area contributed by atoms with E-state index in [9.17, 15) is 18.0 Å². The van der Waals surface area contributed by atoms with E-state index in [0.717, 1.165) is 4.90 Å². The van der Waals surface area contributed by atoms with Crippen molar-refractivity contribution >= 4 is 6.09 Å². The monoisotopic (exact) mass is 257 g/mol. The molecule has 0 bridgehead atoms. The number of aliphatic hydroxyl groups excluding tert-OH is 1. The molecule has 1 atom stereocenters. The van der Waals surface area contributed by atoms with Crippen LogP contribution in [0.4, 0.5) is 18.0 Å². The summed E-state index contributed by atoms with van der Waals surface area (Å²) in [5.74, 6) is 0. The van der Waals surface area contributed by atoms with Gasteiger partial charge in [0.2, 0.25) is 0 Å². The third-order valence-electron chi connectivity index (χ3n) is 2.27. The minimum Gasteiger partial charge on any atom is -0.465 e. The summed E-state index contributed by atoms with van der Waals surface area (Å²) in [5.41, 5.74) is -0.856. The van der Waals surface area contributed by atoms with Gasteiger partial charge in [0.15, 0.2) is 0 Å². The zero-order valence-corrected chi connectivity index (χ0v) is 10.1. The second-order valence-corrected chi connectivity index (χ2v) is 4.81. The summed E-state index contributed by atoms with van der Waals surface area (Å²) in [6, 6.07) is -1.05. The van der Waals surface area contributed by atoms with Crippen LogP contribution in [0.25, 0.3) is 0 Å². The van der Waals surface area contributed by atoms with Crippen molar-refractivity contribution in [2.75, 3.05) is 6.61 Å². The number of hydrogen-bond acceptors (Lipinski definition) is 2. The maximum absolute atomic E-state index is 12.1. The molecule has 0 aliphatic rings. The molecule has 0 aromatic carbocycles. The summed E-state index contributed by atoms with van der Waals surface area (Å²) in [6.45, 7) is 4.08. The Bertz CT molecular complexity index is 261. The highest BCUT2D eigenvalue weighted by molar-refractivity contribution is 5.66. The highest BCUT2D eigenvalue weighted by atomic mass is 19.4. The van der Waals surface area contributed by atoms with Gasteiger partial charge in [0.25, 0.3) is 0 Å². The molecule has 0 fully saturated rings. The minimum atomic E-state index is -4.35. The molecule has 2 N–H and O–H groups in total. The molecule has 0 rings (SSSR count). The third kappa shape index (κ3) is 5.76. The molecule has 0 aliphatic carbocycles. The SMILES string of the molecule is CC(C)(C)N(C(=O)O)C(CO)CCC(F)(F)F. The number of rotatable bonds is 4. The average Bonchev–Trinajstić information content (AvgIpc) is 2.07. The molecule has 0 aromatic heterocycles. The number of carbonyl (C=O) groups is 1. The summed E-state index contributed by atoms with van der Waals surface area (Å²) >= 11 is 0.